The van der Waals surface area contributed by atoms with Gasteiger partial charge >= 0.3 is 5.97 Å². The van der Waals surface area contributed by atoms with E-state index in [2.05, 4.69) is 12.2 Å². The van der Waals surface area contributed by atoms with Gasteiger partial charge in [0.05, 0.1) is 13.0 Å². The van der Waals surface area contributed by atoms with Crippen LogP contribution in [0, 0.1) is 0 Å². The molecule has 10 heavy (non-hydrogen) atoms. The summed E-state index contributed by atoms with van der Waals surface area (Å²) in [6.07, 6.45) is 0.386. The first-order valence-corrected chi connectivity index (χ1v) is 3.45. The van der Waals surface area contributed by atoms with Crippen LogP contribution in [0.3, 0.4) is 0 Å². The highest BCUT2D eigenvalue weighted by molar-refractivity contribution is 7.80. The Labute approximate surface area is 65.0 Å². The molecule has 0 spiro atoms. The van der Waals surface area contributed by atoms with Crippen molar-refractivity contribution in [2.45, 2.75) is 19.8 Å². The van der Waals surface area contributed by atoms with E-state index in [1.54, 1.807) is 0 Å². The van der Waals surface area contributed by atoms with Gasteiger partial charge in [0.2, 0.25) is 0 Å². The number of hydrogen-bond donors (Lipinski definition) is 1. The zero-order valence-corrected chi connectivity index (χ0v) is 6.61. The minimum atomic E-state index is -0.845. The van der Waals surface area contributed by atoms with Crippen molar-refractivity contribution in [1.82, 2.24) is 0 Å². The average molecular weight is 162 g/mol. The highest BCUT2D eigenvalue weighted by Crippen LogP contribution is 1.94. The summed E-state index contributed by atoms with van der Waals surface area (Å²) in [4.78, 5) is 9.99. The molecule has 4 heteroatoms. The molecule has 0 amide bonds. The topological polar surface area (TPSA) is 46.5 Å². The average Bonchev–Trinajstić information content (AvgIpc) is 1.85. The molecule has 1 N–H and O–H groups in total. The van der Waals surface area contributed by atoms with E-state index in [4.69, 9.17) is 9.84 Å². The zero-order chi connectivity index (χ0) is 7.98. The normalized spacial score (nSPS) is 8.90. The molecule has 0 heterocycles. The summed E-state index contributed by atoms with van der Waals surface area (Å²) < 4.78 is 4.86. The summed E-state index contributed by atoms with van der Waals surface area (Å²) in [7, 11) is 0. The number of ether oxygens (including phenoxy) is 1. The van der Waals surface area contributed by atoms with E-state index in [1.165, 1.54) is 0 Å². The molecule has 58 valence electrons. The SMILES string of the molecule is CCOC(=S)CCC(=O)O. The fourth-order valence-corrected chi connectivity index (χ4v) is 0.662. The molecule has 0 rings (SSSR count). The lowest BCUT2D eigenvalue weighted by atomic mass is 10.3. The van der Waals surface area contributed by atoms with Crippen molar-refractivity contribution >= 4 is 23.2 Å². The Morgan fingerprint density at radius 3 is 2.60 bits per heavy atom. The molecule has 3 nitrogen and oxygen atoms in total. The van der Waals surface area contributed by atoms with E-state index in [9.17, 15) is 4.79 Å². The molecule has 0 bridgehead atoms. The maximum atomic E-state index is 9.99. The van der Waals surface area contributed by atoms with E-state index in [0.29, 0.717) is 18.1 Å². The van der Waals surface area contributed by atoms with E-state index in [1.807, 2.05) is 6.92 Å². The summed E-state index contributed by atoms with van der Waals surface area (Å²) in [5.41, 5.74) is 0. The number of rotatable bonds is 4. The number of carboxylic acid groups (broad SMARTS) is 1. The number of aliphatic carboxylic acids is 1. The van der Waals surface area contributed by atoms with Gasteiger partial charge in [0.15, 0.2) is 5.05 Å². The molecular formula is C6H10O3S. The van der Waals surface area contributed by atoms with E-state index in [-0.39, 0.29) is 6.42 Å². The first-order valence-electron chi connectivity index (χ1n) is 3.04. The van der Waals surface area contributed by atoms with Crippen molar-refractivity contribution in [2.24, 2.45) is 0 Å². The zero-order valence-electron chi connectivity index (χ0n) is 5.79. The van der Waals surface area contributed by atoms with Crippen molar-refractivity contribution in [3.05, 3.63) is 0 Å². The van der Waals surface area contributed by atoms with E-state index in [0.717, 1.165) is 0 Å². The molecule has 0 aliphatic rings. The second-order valence-corrected chi connectivity index (χ2v) is 2.15. The van der Waals surface area contributed by atoms with Gasteiger partial charge in [-0.15, -0.1) is 0 Å². The molecule has 0 radical (unpaired) electrons. The lowest BCUT2D eigenvalue weighted by Crippen LogP contribution is -2.04. The van der Waals surface area contributed by atoms with E-state index < -0.39 is 5.97 Å². The molecule has 0 aromatic carbocycles. The van der Waals surface area contributed by atoms with Gasteiger partial charge < -0.3 is 9.84 Å². The molecule has 0 atom stereocenters. The van der Waals surface area contributed by atoms with Gasteiger partial charge in [-0.1, -0.05) is 0 Å². The number of thiocarbonyl (C=S) groups is 1. The van der Waals surface area contributed by atoms with Crippen molar-refractivity contribution in [1.29, 1.82) is 0 Å². The number of hydrogen-bond acceptors (Lipinski definition) is 3. The highest BCUT2D eigenvalue weighted by atomic mass is 32.1. The van der Waals surface area contributed by atoms with Crippen LogP contribution in [-0.2, 0) is 9.53 Å². The number of carboxylic acids is 1. The molecule has 0 unspecified atom stereocenters. The Balaban J connectivity index is 3.30. The fraction of sp³-hybridized carbons (Fsp3) is 0.667. The van der Waals surface area contributed by atoms with Crippen LogP contribution in [0.1, 0.15) is 19.8 Å². The molecule has 0 aromatic rings. The second-order valence-electron chi connectivity index (χ2n) is 1.70. The van der Waals surface area contributed by atoms with Crippen LogP contribution in [-0.4, -0.2) is 22.7 Å². The monoisotopic (exact) mass is 162 g/mol. The van der Waals surface area contributed by atoms with Crippen LogP contribution in [0.2, 0.25) is 0 Å². The van der Waals surface area contributed by atoms with Crippen molar-refractivity contribution < 1.29 is 14.6 Å². The Kier molecular flexibility index (Phi) is 4.84. The molecular weight excluding hydrogens is 152 g/mol. The Bertz CT molecular complexity index is 133. The van der Waals surface area contributed by atoms with Crippen molar-refractivity contribution in [3.63, 3.8) is 0 Å². The van der Waals surface area contributed by atoms with Crippen LogP contribution in [0.5, 0.6) is 0 Å². The lowest BCUT2D eigenvalue weighted by molar-refractivity contribution is -0.136. The third kappa shape index (κ3) is 5.50. The first-order chi connectivity index (χ1) is 4.66. The lowest BCUT2D eigenvalue weighted by Gasteiger charge is -2.00. The van der Waals surface area contributed by atoms with Crippen LogP contribution in [0.4, 0.5) is 0 Å². The largest absolute Gasteiger partial charge is 0.487 e. The van der Waals surface area contributed by atoms with Gasteiger partial charge in [-0.25, -0.2) is 0 Å². The van der Waals surface area contributed by atoms with Crippen LogP contribution in [0.25, 0.3) is 0 Å². The minimum absolute atomic E-state index is 0.0544. The second kappa shape index (κ2) is 5.17. The fourth-order valence-electron chi connectivity index (χ4n) is 0.442. The van der Waals surface area contributed by atoms with Gasteiger partial charge in [0, 0.05) is 6.42 Å². The minimum Gasteiger partial charge on any atom is -0.487 e. The molecule has 0 aliphatic heterocycles. The van der Waals surface area contributed by atoms with Gasteiger partial charge in [-0.2, -0.15) is 0 Å². The molecule has 0 aromatic heterocycles. The summed E-state index contributed by atoms with van der Waals surface area (Å²) in [6, 6.07) is 0. The number of carbonyl (C=O) groups is 1. The quantitative estimate of drug-likeness (QED) is 0.631. The summed E-state index contributed by atoms with van der Waals surface area (Å²) >= 11 is 4.69. The van der Waals surface area contributed by atoms with Crippen molar-refractivity contribution in [3.8, 4) is 0 Å². The maximum Gasteiger partial charge on any atom is 0.303 e. The van der Waals surface area contributed by atoms with Crippen LogP contribution >= 0.6 is 12.2 Å². The Morgan fingerprint density at radius 1 is 1.60 bits per heavy atom. The standard InChI is InChI=1S/C6H10O3S/c1-2-9-6(10)4-3-5(7)8/h2-4H2,1H3,(H,7,8). The smallest absolute Gasteiger partial charge is 0.303 e. The molecule has 0 fully saturated rings. The van der Waals surface area contributed by atoms with Gasteiger partial charge in [0.1, 0.15) is 0 Å². The summed E-state index contributed by atoms with van der Waals surface area (Å²) in [6.45, 7) is 2.32. The van der Waals surface area contributed by atoms with Gasteiger partial charge in [0.25, 0.3) is 0 Å². The first kappa shape index (κ1) is 9.36. The summed E-state index contributed by atoms with van der Waals surface area (Å²) in [5, 5.41) is 8.59. The molecule has 0 aliphatic carbocycles. The van der Waals surface area contributed by atoms with Crippen molar-refractivity contribution in [2.75, 3.05) is 6.61 Å². The highest BCUT2D eigenvalue weighted by Gasteiger charge is 2.00. The third-order valence-corrected chi connectivity index (χ3v) is 1.17. The predicted molar refractivity (Wildman–Crippen MR) is 41.1 cm³/mol. The van der Waals surface area contributed by atoms with Crippen LogP contribution < -0.4 is 0 Å². The molecule has 0 saturated carbocycles. The maximum absolute atomic E-state index is 9.99. The van der Waals surface area contributed by atoms with E-state index >= 15 is 0 Å². The predicted octanol–water partition coefficient (Wildman–Crippen LogP) is 1.22. The Morgan fingerprint density at radius 2 is 2.20 bits per heavy atom. The molecule has 0 saturated heterocycles. The van der Waals surface area contributed by atoms with Crippen LogP contribution in [0.15, 0.2) is 0 Å². The van der Waals surface area contributed by atoms with Gasteiger partial charge in [-0.05, 0) is 19.1 Å². The Hall–Kier alpha value is -0.640. The summed E-state index contributed by atoms with van der Waals surface area (Å²) in [5.74, 6) is -0.845. The van der Waals surface area contributed by atoms with Gasteiger partial charge in [-0.3, -0.25) is 4.79 Å². The third-order valence-electron chi connectivity index (χ3n) is 0.848.